The molecule has 0 radical (unpaired) electrons. The number of rotatable bonds is 5. The van der Waals surface area contributed by atoms with Gasteiger partial charge >= 0.3 is 0 Å². The first-order valence-electron chi connectivity index (χ1n) is 6.72. The Kier molecular flexibility index (Phi) is 4.35. The van der Waals surface area contributed by atoms with Crippen molar-refractivity contribution in [2.75, 3.05) is 7.05 Å². The van der Waals surface area contributed by atoms with Crippen LogP contribution in [0.3, 0.4) is 0 Å². The molecule has 0 N–H and O–H groups in total. The van der Waals surface area contributed by atoms with Gasteiger partial charge in [0.25, 0.3) is 0 Å². The lowest BCUT2D eigenvalue weighted by atomic mass is 10.1. The molecule has 100 valence electrons. The average molecular weight is 255 g/mol. The van der Waals surface area contributed by atoms with Crippen LogP contribution in [0.5, 0.6) is 0 Å². The van der Waals surface area contributed by atoms with Crippen LogP contribution in [0.4, 0.5) is 0 Å². The van der Waals surface area contributed by atoms with Crippen LogP contribution in [0.15, 0.2) is 60.7 Å². The second kappa shape index (κ2) is 6.00. The molecule has 2 aromatic rings. The third-order valence-electron chi connectivity index (χ3n) is 3.65. The van der Waals surface area contributed by atoms with Crippen molar-refractivity contribution in [3.05, 3.63) is 77.0 Å². The van der Waals surface area contributed by atoms with Crippen LogP contribution in [0.25, 0.3) is 0 Å². The molecule has 0 fully saturated rings. The zero-order chi connectivity index (χ0) is 13.7. The number of likely N-dealkylation sites (N-methyl/N-ethyl adjacent to an activating group) is 1. The van der Waals surface area contributed by atoms with E-state index in [2.05, 4.69) is 12.1 Å². The fraction of sp³-hybridized carbons (Fsp3) is 0.294. The van der Waals surface area contributed by atoms with Crippen molar-refractivity contribution < 1.29 is 4.65 Å². The molecule has 0 unspecified atom stereocenters. The Labute approximate surface area is 115 Å². The summed E-state index contributed by atoms with van der Waals surface area (Å²) in [5.41, 5.74) is 2.32. The first-order valence-corrected chi connectivity index (χ1v) is 6.72. The van der Waals surface area contributed by atoms with E-state index in [1.165, 1.54) is 5.56 Å². The summed E-state index contributed by atoms with van der Waals surface area (Å²) in [6, 6.07) is 20.2. The molecule has 0 bridgehead atoms. The molecule has 0 aromatic heterocycles. The van der Waals surface area contributed by atoms with Crippen molar-refractivity contribution in [1.29, 1.82) is 0 Å². The zero-order valence-corrected chi connectivity index (χ0v) is 11.6. The minimum absolute atomic E-state index is 0.0441. The molecule has 0 saturated carbocycles. The quantitative estimate of drug-likeness (QED) is 0.589. The molecule has 2 rings (SSSR count). The Morgan fingerprint density at radius 2 is 1.37 bits per heavy atom. The molecule has 0 heterocycles. The second-order valence-electron chi connectivity index (χ2n) is 5.36. The molecule has 0 saturated heterocycles. The van der Waals surface area contributed by atoms with E-state index in [1.807, 2.05) is 55.5 Å². The smallest absolute Gasteiger partial charge is 0.104 e. The minimum atomic E-state index is -0.237. The molecular weight excluding hydrogens is 234 g/mol. The van der Waals surface area contributed by atoms with Crippen molar-refractivity contribution >= 4 is 0 Å². The summed E-state index contributed by atoms with van der Waals surface area (Å²) in [5.74, 6) is 0. The highest BCUT2D eigenvalue weighted by Gasteiger charge is 2.20. The van der Waals surface area contributed by atoms with E-state index in [0.717, 1.165) is 12.0 Å². The SMILES string of the molecule is C[C@H](Cc1ccccc1)[N@+](C)([O-])Cc1ccccc1. The van der Waals surface area contributed by atoms with Gasteiger partial charge in [-0.2, -0.15) is 0 Å². The maximum absolute atomic E-state index is 12.7. The topological polar surface area (TPSA) is 23.1 Å². The second-order valence-corrected chi connectivity index (χ2v) is 5.36. The fourth-order valence-electron chi connectivity index (χ4n) is 2.25. The van der Waals surface area contributed by atoms with E-state index >= 15 is 0 Å². The largest absolute Gasteiger partial charge is 0.633 e. The van der Waals surface area contributed by atoms with Gasteiger partial charge in [-0.05, 0) is 12.5 Å². The summed E-state index contributed by atoms with van der Waals surface area (Å²) in [5, 5.41) is 12.7. The summed E-state index contributed by atoms with van der Waals surface area (Å²) >= 11 is 0. The molecular formula is C17H21NO. The van der Waals surface area contributed by atoms with Gasteiger partial charge in [0.1, 0.15) is 6.54 Å². The molecule has 2 atom stereocenters. The van der Waals surface area contributed by atoms with Gasteiger partial charge in [0.2, 0.25) is 0 Å². The van der Waals surface area contributed by atoms with E-state index < -0.39 is 0 Å². The molecule has 2 aromatic carbocycles. The predicted octanol–water partition coefficient (Wildman–Crippen LogP) is 3.76. The van der Waals surface area contributed by atoms with Crippen LogP contribution in [0.2, 0.25) is 0 Å². The van der Waals surface area contributed by atoms with Crippen molar-refractivity contribution in [3.63, 3.8) is 0 Å². The summed E-state index contributed by atoms with van der Waals surface area (Å²) in [6.45, 7) is 2.55. The Bertz CT molecular complexity index is 493. The maximum Gasteiger partial charge on any atom is 0.104 e. The van der Waals surface area contributed by atoms with Gasteiger partial charge < -0.3 is 9.85 Å². The number of benzene rings is 2. The Morgan fingerprint density at radius 3 is 1.89 bits per heavy atom. The molecule has 0 aliphatic carbocycles. The van der Waals surface area contributed by atoms with Crippen molar-refractivity contribution in [2.45, 2.75) is 25.9 Å². The van der Waals surface area contributed by atoms with Crippen molar-refractivity contribution in [1.82, 2.24) is 0 Å². The third kappa shape index (κ3) is 3.91. The molecule has 0 amide bonds. The van der Waals surface area contributed by atoms with Gasteiger partial charge in [-0.15, -0.1) is 0 Å². The number of hydroxylamine groups is 3. The number of nitrogens with zero attached hydrogens (tertiary/aromatic N) is 1. The Hall–Kier alpha value is -1.64. The number of quaternary nitrogens is 1. The molecule has 2 nitrogen and oxygen atoms in total. The van der Waals surface area contributed by atoms with Gasteiger partial charge in [0.15, 0.2) is 0 Å². The predicted molar refractivity (Wildman–Crippen MR) is 79.3 cm³/mol. The number of hydrogen-bond acceptors (Lipinski definition) is 1. The lowest BCUT2D eigenvalue weighted by molar-refractivity contribution is -0.897. The number of hydrogen-bond donors (Lipinski definition) is 0. The van der Waals surface area contributed by atoms with Gasteiger partial charge in [-0.1, -0.05) is 60.7 Å². The highest BCUT2D eigenvalue weighted by Crippen LogP contribution is 2.18. The summed E-state index contributed by atoms with van der Waals surface area (Å²) in [4.78, 5) is 0. The molecule has 0 aliphatic rings. The van der Waals surface area contributed by atoms with Gasteiger partial charge in [0.05, 0.1) is 13.1 Å². The highest BCUT2D eigenvalue weighted by molar-refractivity contribution is 5.16. The van der Waals surface area contributed by atoms with Crippen LogP contribution in [-0.4, -0.2) is 17.7 Å². The van der Waals surface area contributed by atoms with Crippen LogP contribution < -0.4 is 0 Å². The third-order valence-corrected chi connectivity index (χ3v) is 3.65. The first-order chi connectivity index (χ1) is 9.08. The minimum Gasteiger partial charge on any atom is -0.633 e. The van der Waals surface area contributed by atoms with Crippen LogP contribution in [0, 0.1) is 5.21 Å². The van der Waals surface area contributed by atoms with Gasteiger partial charge in [-0.25, -0.2) is 0 Å². The summed E-state index contributed by atoms with van der Waals surface area (Å²) in [7, 11) is 1.76. The van der Waals surface area contributed by atoms with Gasteiger partial charge in [0, 0.05) is 12.0 Å². The lowest BCUT2D eigenvalue weighted by Gasteiger charge is -2.44. The van der Waals surface area contributed by atoms with Gasteiger partial charge in [-0.3, -0.25) is 0 Å². The van der Waals surface area contributed by atoms with Crippen LogP contribution >= 0.6 is 0 Å². The monoisotopic (exact) mass is 255 g/mol. The average Bonchev–Trinajstić information content (AvgIpc) is 2.40. The summed E-state index contributed by atoms with van der Waals surface area (Å²) < 4.78 is -0.237. The molecule has 0 aliphatic heterocycles. The lowest BCUT2D eigenvalue weighted by Crippen LogP contribution is -2.45. The van der Waals surface area contributed by atoms with E-state index in [9.17, 15) is 5.21 Å². The van der Waals surface area contributed by atoms with Crippen LogP contribution in [0.1, 0.15) is 18.1 Å². The standard InChI is InChI=1S/C17H21NO/c1-15(13-16-9-5-3-6-10-16)18(2,19)14-17-11-7-4-8-12-17/h3-12,15H,13-14H2,1-2H3/t15-,18-/m1/s1. The van der Waals surface area contributed by atoms with E-state index in [1.54, 1.807) is 7.05 Å². The maximum atomic E-state index is 12.7. The molecule has 2 heteroatoms. The Morgan fingerprint density at radius 1 is 0.895 bits per heavy atom. The summed E-state index contributed by atoms with van der Waals surface area (Å²) in [6.07, 6.45) is 0.813. The normalized spacial score (nSPS) is 15.7. The van der Waals surface area contributed by atoms with Crippen LogP contribution in [-0.2, 0) is 13.0 Å². The Balaban J connectivity index is 2.02. The molecule has 19 heavy (non-hydrogen) atoms. The van der Waals surface area contributed by atoms with E-state index in [-0.39, 0.29) is 10.7 Å². The fourth-order valence-corrected chi connectivity index (χ4v) is 2.25. The zero-order valence-electron chi connectivity index (χ0n) is 11.6. The van der Waals surface area contributed by atoms with Crippen molar-refractivity contribution in [2.24, 2.45) is 0 Å². The molecule has 0 spiro atoms. The highest BCUT2D eigenvalue weighted by atomic mass is 16.5. The first kappa shape index (κ1) is 13.8. The van der Waals surface area contributed by atoms with Crippen molar-refractivity contribution in [3.8, 4) is 0 Å². The van der Waals surface area contributed by atoms with E-state index in [0.29, 0.717) is 6.54 Å². The van der Waals surface area contributed by atoms with E-state index in [4.69, 9.17) is 0 Å².